The van der Waals surface area contributed by atoms with Crippen LogP contribution in [0.3, 0.4) is 0 Å². The maximum atomic E-state index is 8.63. The Morgan fingerprint density at radius 3 is 2.41 bits per heavy atom. The minimum atomic E-state index is 0.129. The van der Waals surface area contributed by atoms with E-state index in [0.29, 0.717) is 12.5 Å². The molecule has 0 aliphatic rings. The Kier molecular flexibility index (Phi) is 5.76. The van der Waals surface area contributed by atoms with Crippen molar-refractivity contribution in [2.45, 2.75) is 32.9 Å². The molecule has 0 saturated carbocycles. The maximum absolute atomic E-state index is 8.63. The third-order valence-electron chi connectivity index (χ3n) is 2.74. The summed E-state index contributed by atoms with van der Waals surface area (Å²) in [6.07, 6.45) is 0.540. The molecule has 17 heavy (non-hydrogen) atoms. The van der Waals surface area contributed by atoms with Crippen molar-refractivity contribution in [3.8, 4) is 11.8 Å². The van der Waals surface area contributed by atoms with E-state index in [4.69, 9.17) is 5.11 Å². The van der Waals surface area contributed by atoms with Crippen LogP contribution in [0.4, 0.5) is 0 Å². The molecule has 0 radical (unpaired) electrons. The van der Waals surface area contributed by atoms with Gasteiger partial charge in [0.15, 0.2) is 0 Å². The van der Waals surface area contributed by atoms with Crippen LogP contribution in [0.5, 0.6) is 0 Å². The second-order valence-corrected chi connectivity index (χ2v) is 4.48. The molecule has 1 aromatic rings. The first kappa shape index (κ1) is 13.8. The van der Waals surface area contributed by atoms with Gasteiger partial charge in [-0.05, 0) is 38.6 Å². The molecule has 0 fully saturated rings. The van der Waals surface area contributed by atoms with Gasteiger partial charge in [0.25, 0.3) is 0 Å². The lowest BCUT2D eigenvalue weighted by atomic mass is 10.1. The standard InChI is InChI=1S/C15H21NO/c1-13(2)16(3)12-15-9-7-14(8-10-15)6-4-5-11-17/h7-10,13,17H,5,11-12H2,1-3H3. The maximum Gasteiger partial charge on any atom is 0.0540 e. The van der Waals surface area contributed by atoms with Crippen LogP contribution in [0.2, 0.25) is 0 Å². The molecule has 0 aromatic heterocycles. The van der Waals surface area contributed by atoms with Crippen molar-refractivity contribution in [2.24, 2.45) is 0 Å². The SMILES string of the molecule is CC(C)N(C)Cc1ccc(C#CCCO)cc1. The molecule has 2 heteroatoms. The number of nitrogens with zero attached hydrogens (tertiary/aromatic N) is 1. The molecule has 0 saturated heterocycles. The number of hydrogen-bond donors (Lipinski definition) is 1. The third-order valence-corrected chi connectivity index (χ3v) is 2.74. The van der Waals surface area contributed by atoms with Gasteiger partial charge in [-0.25, -0.2) is 0 Å². The zero-order valence-electron chi connectivity index (χ0n) is 10.9. The van der Waals surface area contributed by atoms with Crippen molar-refractivity contribution in [3.63, 3.8) is 0 Å². The first-order chi connectivity index (χ1) is 8.13. The Bertz CT molecular complexity index is 384. The topological polar surface area (TPSA) is 23.5 Å². The quantitative estimate of drug-likeness (QED) is 0.803. The summed E-state index contributed by atoms with van der Waals surface area (Å²) in [6, 6.07) is 8.85. The molecule has 1 aromatic carbocycles. The summed E-state index contributed by atoms with van der Waals surface area (Å²) in [5.41, 5.74) is 2.31. The van der Waals surface area contributed by atoms with Crippen LogP contribution in [0, 0.1) is 11.8 Å². The molecular weight excluding hydrogens is 210 g/mol. The molecule has 0 aliphatic carbocycles. The zero-order chi connectivity index (χ0) is 12.7. The molecule has 0 atom stereocenters. The molecule has 0 spiro atoms. The van der Waals surface area contributed by atoms with Crippen molar-refractivity contribution in [1.29, 1.82) is 0 Å². The van der Waals surface area contributed by atoms with Crippen LogP contribution in [0.15, 0.2) is 24.3 Å². The molecular formula is C15H21NO. The van der Waals surface area contributed by atoms with E-state index in [1.165, 1.54) is 5.56 Å². The lowest BCUT2D eigenvalue weighted by molar-refractivity contribution is 0.266. The van der Waals surface area contributed by atoms with Gasteiger partial charge in [-0.3, -0.25) is 4.90 Å². The number of rotatable bonds is 4. The van der Waals surface area contributed by atoms with Gasteiger partial charge in [0.1, 0.15) is 0 Å². The van der Waals surface area contributed by atoms with E-state index in [1.807, 2.05) is 12.1 Å². The highest BCUT2D eigenvalue weighted by Crippen LogP contribution is 2.07. The lowest BCUT2D eigenvalue weighted by Gasteiger charge is -2.20. The first-order valence-electron chi connectivity index (χ1n) is 6.02. The lowest BCUT2D eigenvalue weighted by Crippen LogP contribution is -2.25. The molecule has 1 rings (SSSR count). The number of aliphatic hydroxyl groups excluding tert-OH is 1. The van der Waals surface area contributed by atoms with Crippen molar-refractivity contribution in [2.75, 3.05) is 13.7 Å². The molecule has 0 heterocycles. The fourth-order valence-electron chi connectivity index (χ4n) is 1.38. The molecule has 0 unspecified atom stereocenters. The fourth-order valence-corrected chi connectivity index (χ4v) is 1.38. The zero-order valence-corrected chi connectivity index (χ0v) is 10.9. The summed E-state index contributed by atoms with van der Waals surface area (Å²) in [7, 11) is 2.12. The molecule has 2 nitrogen and oxygen atoms in total. The van der Waals surface area contributed by atoms with Crippen LogP contribution in [0.1, 0.15) is 31.4 Å². The molecule has 0 amide bonds. The molecule has 0 bridgehead atoms. The Morgan fingerprint density at radius 2 is 1.88 bits per heavy atom. The van der Waals surface area contributed by atoms with Crippen molar-refractivity contribution in [3.05, 3.63) is 35.4 Å². The van der Waals surface area contributed by atoms with Crippen LogP contribution in [0.25, 0.3) is 0 Å². The molecule has 1 N–H and O–H groups in total. The van der Waals surface area contributed by atoms with Crippen molar-refractivity contribution in [1.82, 2.24) is 4.90 Å². The average Bonchev–Trinajstić information content (AvgIpc) is 2.31. The Labute approximate surface area is 104 Å². The predicted octanol–water partition coefficient (Wildman–Crippen LogP) is 2.26. The van der Waals surface area contributed by atoms with E-state index in [-0.39, 0.29) is 6.61 Å². The van der Waals surface area contributed by atoms with Crippen molar-refractivity contribution >= 4 is 0 Å². The smallest absolute Gasteiger partial charge is 0.0540 e. The van der Waals surface area contributed by atoms with E-state index in [9.17, 15) is 0 Å². The average molecular weight is 231 g/mol. The van der Waals surface area contributed by atoms with E-state index < -0.39 is 0 Å². The van der Waals surface area contributed by atoms with Gasteiger partial charge in [0.05, 0.1) is 6.61 Å². The van der Waals surface area contributed by atoms with Gasteiger partial charge < -0.3 is 5.11 Å². The van der Waals surface area contributed by atoms with Gasteiger partial charge in [0.2, 0.25) is 0 Å². The van der Waals surface area contributed by atoms with E-state index in [0.717, 1.165) is 12.1 Å². The van der Waals surface area contributed by atoms with Crippen LogP contribution in [-0.4, -0.2) is 29.7 Å². The fraction of sp³-hybridized carbons (Fsp3) is 0.467. The van der Waals surface area contributed by atoms with E-state index >= 15 is 0 Å². The number of benzene rings is 1. The van der Waals surface area contributed by atoms with Gasteiger partial charge in [-0.15, -0.1) is 0 Å². The summed E-state index contributed by atoms with van der Waals surface area (Å²) >= 11 is 0. The second-order valence-electron chi connectivity index (χ2n) is 4.48. The van der Waals surface area contributed by atoms with Gasteiger partial charge in [-0.2, -0.15) is 0 Å². The van der Waals surface area contributed by atoms with Gasteiger partial charge in [-0.1, -0.05) is 24.0 Å². The first-order valence-corrected chi connectivity index (χ1v) is 6.02. The summed E-state index contributed by atoms with van der Waals surface area (Å²) in [5, 5.41) is 8.63. The highest BCUT2D eigenvalue weighted by atomic mass is 16.2. The second kappa shape index (κ2) is 7.11. The highest BCUT2D eigenvalue weighted by Gasteiger charge is 2.03. The van der Waals surface area contributed by atoms with Crippen LogP contribution in [-0.2, 0) is 6.54 Å². The summed E-state index contributed by atoms with van der Waals surface area (Å²) in [6.45, 7) is 5.47. The van der Waals surface area contributed by atoms with Gasteiger partial charge in [0, 0.05) is 24.6 Å². The molecule has 0 aliphatic heterocycles. The summed E-state index contributed by atoms with van der Waals surface area (Å²) in [5.74, 6) is 5.94. The van der Waals surface area contributed by atoms with E-state index in [1.54, 1.807) is 0 Å². The van der Waals surface area contributed by atoms with Gasteiger partial charge >= 0.3 is 0 Å². The number of aliphatic hydroxyl groups is 1. The van der Waals surface area contributed by atoms with Crippen LogP contribution < -0.4 is 0 Å². The minimum absolute atomic E-state index is 0.129. The third kappa shape index (κ3) is 5.04. The minimum Gasteiger partial charge on any atom is -0.395 e. The Balaban J connectivity index is 2.60. The summed E-state index contributed by atoms with van der Waals surface area (Å²) < 4.78 is 0. The Morgan fingerprint density at radius 1 is 1.24 bits per heavy atom. The predicted molar refractivity (Wildman–Crippen MR) is 71.6 cm³/mol. The number of hydrogen-bond acceptors (Lipinski definition) is 2. The molecule has 92 valence electrons. The van der Waals surface area contributed by atoms with E-state index in [2.05, 4.69) is 49.8 Å². The van der Waals surface area contributed by atoms with Crippen LogP contribution >= 0.6 is 0 Å². The van der Waals surface area contributed by atoms with Crippen molar-refractivity contribution < 1.29 is 5.11 Å². The largest absolute Gasteiger partial charge is 0.395 e. The monoisotopic (exact) mass is 231 g/mol. The summed E-state index contributed by atoms with van der Waals surface area (Å²) in [4.78, 5) is 2.30. The highest BCUT2D eigenvalue weighted by molar-refractivity contribution is 5.36. The Hall–Kier alpha value is -1.30. The normalized spacial score (nSPS) is 10.5.